The Morgan fingerprint density at radius 3 is 2.75 bits per heavy atom. The lowest BCUT2D eigenvalue weighted by atomic mass is 10.2. The second-order valence-electron chi connectivity index (χ2n) is 3.45. The number of carboxylic acid groups (broad SMARTS) is 1. The van der Waals surface area contributed by atoms with Crippen LogP contribution in [-0.4, -0.2) is 31.6 Å². The summed E-state index contributed by atoms with van der Waals surface area (Å²) in [6, 6.07) is 0. The fraction of sp³-hybridized carbons (Fsp3) is 0.667. The number of hydrogen-bond donors (Lipinski definition) is 2. The number of nitrogens with zero attached hydrogens (tertiary/aromatic N) is 3. The number of nitrogens with two attached hydrogens (primary N) is 1. The molecule has 0 radical (unpaired) electrons. The highest BCUT2D eigenvalue weighted by atomic mass is 32.2. The molecule has 0 aliphatic rings. The molecule has 0 unspecified atom stereocenters. The Hall–Kier alpha value is -1.24. The Kier molecular flexibility index (Phi) is 5.10. The van der Waals surface area contributed by atoms with E-state index in [4.69, 9.17) is 10.8 Å². The predicted octanol–water partition coefficient (Wildman–Crippen LogP) is 1.13. The largest absolute Gasteiger partial charge is 0.481 e. The lowest BCUT2D eigenvalue weighted by Gasteiger charge is -2.00. The van der Waals surface area contributed by atoms with Gasteiger partial charge in [0.15, 0.2) is 5.16 Å². The van der Waals surface area contributed by atoms with Crippen molar-refractivity contribution in [3.63, 3.8) is 0 Å². The molecule has 6 nitrogen and oxygen atoms in total. The molecule has 16 heavy (non-hydrogen) atoms. The van der Waals surface area contributed by atoms with E-state index in [1.54, 1.807) is 16.3 Å². The van der Waals surface area contributed by atoms with Crippen molar-refractivity contribution in [1.82, 2.24) is 14.8 Å². The van der Waals surface area contributed by atoms with E-state index in [0.29, 0.717) is 5.95 Å². The molecule has 0 saturated carbocycles. The van der Waals surface area contributed by atoms with Crippen molar-refractivity contribution in [1.29, 1.82) is 0 Å². The number of rotatable bonds is 7. The van der Waals surface area contributed by atoms with E-state index >= 15 is 0 Å². The van der Waals surface area contributed by atoms with Crippen LogP contribution >= 0.6 is 11.8 Å². The van der Waals surface area contributed by atoms with Crippen LogP contribution in [0.25, 0.3) is 0 Å². The third kappa shape index (κ3) is 4.09. The number of carbonyl (C=O) groups is 1. The molecule has 90 valence electrons. The molecule has 1 heterocycles. The van der Waals surface area contributed by atoms with Crippen molar-refractivity contribution >= 4 is 23.7 Å². The van der Waals surface area contributed by atoms with E-state index in [0.717, 1.165) is 30.2 Å². The average molecular weight is 244 g/mol. The Balaban J connectivity index is 2.12. The topological polar surface area (TPSA) is 94.0 Å². The highest BCUT2D eigenvalue weighted by Gasteiger charge is 2.05. The van der Waals surface area contributed by atoms with Crippen LogP contribution in [0.1, 0.15) is 25.7 Å². The van der Waals surface area contributed by atoms with Crippen molar-refractivity contribution in [2.45, 2.75) is 30.8 Å². The number of anilines is 1. The summed E-state index contributed by atoms with van der Waals surface area (Å²) in [4.78, 5) is 10.3. The Bertz CT molecular complexity index is 353. The minimum Gasteiger partial charge on any atom is -0.481 e. The van der Waals surface area contributed by atoms with Gasteiger partial charge in [0.1, 0.15) is 0 Å². The summed E-state index contributed by atoms with van der Waals surface area (Å²) < 4.78 is 1.74. The fourth-order valence-corrected chi connectivity index (χ4v) is 2.09. The van der Waals surface area contributed by atoms with Crippen molar-refractivity contribution in [3.8, 4) is 0 Å². The van der Waals surface area contributed by atoms with E-state index in [1.165, 1.54) is 0 Å². The first kappa shape index (κ1) is 12.8. The van der Waals surface area contributed by atoms with Gasteiger partial charge < -0.3 is 10.8 Å². The summed E-state index contributed by atoms with van der Waals surface area (Å²) in [5.74, 6) is 0.591. The highest BCUT2D eigenvalue weighted by molar-refractivity contribution is 7.99. The maximum atomic E-state index is 10.3. The van der Waals surface area contributed by atoms with Gasteiger partial charge in [0.2, 0.25) is 5.95 Å². The number of thioether (sulfide) groups is 1. The van der Waals surface area contributed by atoms with Crippen LogP contribution in [0, 0.1) is 0 Å². The number of nitrogen functional groups attached to an aromatic ring is 1. The normalized spacial score (nSPS) is 10.6. The van der Waals surface area contributed by atoms with E-state index < -0.39 is 5.97 Å². The van der Waals surface area contributed by atoms with Gasteiger partial charge in [-0.25, -0.2) is 0 Å². The molecule has 0 fully saturated rings. The predicted molar refractivity (Wildman–Crippen MR) is 62.2 cm³/mol. The van der Waals surface area contributed by atoms with Crippen LogP contribution < -0.4 is 5.73 Å². The van der Waals surface area contributed by atoms with Crippen molar-refractivity contribution in [3.05, 3.63) is 0 Å². The van der Waals surface area contributed by atoms with Crippen molar-refractivity contribution < 1.29 is 9.90 Å². The number of hydrogen-bond acceptors (Lipinski definition) is 5. The lowest BCUT2D eigenvalue weighted by molar-refractivity contribution is -0.137. The first-order chi connectivity index (χ1) is 7.61. The quantitative estimate of drug-likeness (QED) is 0.551. The molecule has 0 aliphatic heterocycles. The summed E-state index contributed by atoms with van der Waals surface area (Å²) in [5.41, 5.74) is 5.54. The molecular weight excluding hydrogens is 228 g/mol. The molecule has 1 aromatic heterocycles. The average Bonchev–Trinajstić information content (AvgIpc) is 2.54. The monoisotopic (exact) mass is 244 g/mol. The molecule has 0 aromatic carbocycles. The fourth-order valence-electron chi connectivity index (χ4n) is 1.17. The summed E-state index contributed by atoms with van der Waals surface area (Å²) in [6.07, 6.45) is 2.88. The lowest BCUT2D eigenvalue weighted by Crippen LogP contribution is -1.98. The second-order valence-corrected chi connectivity index (χ2v) is 4.51. The second kappa shape index (κ2) is 6.37. The maximum absolute atomic E-state index is 10.3. The molecule has 0 bridgehead atoms. The summed E-state index contributed by atoms with van der Waals surface area (Å²) in [7, 11) is 1.82. The standard InChI is InChI=1S/C9H16N4O2S/c1-13-8(10)11-12-9(13)16-6-4-2-3-5-7(14)15/h2-6H2,1H3,(H2,10,11)(H,14,15). The molecule has 0 spiro atoms. The molecule has 0 atom stereocenters. The van der Waals surface area contributed by atoms with Crippen LogP contribution in [0.4, 0.5) is 5.95 Å². The zero-order chi connectivity index (χ0) is 12.0. The van der Waals surface area contributed by atoms with Gasteiger partial charge in [-0.2, -0.15) is 0 Å². The zero-order valence-electron chi connectivity index (χ0n) is 9.22. The Morgan fingerprint density at radius 1 is 1.44 bits per heavy atom. The van der Waals surface area contributed by atoms with E-state index in [1.807, 2.05) is 7.05 Å². The number of aromatic nitrogens is 3. The Labute approximate surface area is 98.2 Å². The molecule has 3 N–H and O–H groups in total. The number of aliphatic carboxylic acids is 1. The van der Waals surface area contributed by atoms with Crippen molar-refractivity contribution in [2.75, 3.05) is 11.5 Å². The molecule has 7 heteroatoms. The number of unbranched alkanes of at least 4 members (excludes halogenated alkanes) is 2. The minimum absolute atomic E-state index is 0.252. The van der Waals surface area contributed by atoms with Gasteiger partial charge in [-0.3, -0.25) is 9.36 Å². The SMILES string of the molecule is Cn1c(N)nnc1SCCCCCC(=O)O. The maximum Gasteiger partial charge on any atom is 0.303 e. The summed E-state index contributed by atoms with van der Waals surface area (Å²) in [6.45, 7) is 0. The molecule has 0 amide bonds. The van der Waals surface area contributed by atoms with Gasteiger partial charge in [0.25, 0.3) is 0 Å². The smallest absolute Gasteiger partial charge is 0.303 e. The van der Waals surface area contributed by atoms with Crippen LogP contribution in [0.2, 0.25) is 0 Å². The van der Waals surface area contributed by atoms with Gasteiger partial charge in [0.05, 0.1) is 0 Å². The van der Waals surface area contributed by atoms with Gasteiger partial charge in [-0.1, -0.05) is 18.2 Å². The van der Waals surface area contributed by atoms with E-state index in [2.05, 4.69) is 10.2 Å². The van der Waals surface area contributed by atoms with Gasteiger partial charge in [0, 0.05) is 19.2 Å². The van der Waals surface area contributed by atoms with Crippen molar-refractivity contribution in [2.24, 2.45) is 7.05 Å². The summed E-state index contributed by atoms with van der Waals surface area (Å²) in [5, 5.41) is 16.9. The number of carboxylic acids is 1. The molecule has 1 rings (SSSR count). The van der Waals surface area contributed by atoms with Gasteiger partial charge in [-0.05, 0) is 12.8 Å². The van der Waals surface area contributed by atoms with Crippen LogP contribution in [-0.2, 0) is 11.8 Å². The first-order valence-electron chi connectivity index (χ1n) is 5.10. The Morgan fingerprint density at radius 2 is 2.19 bits per heavy atom. The third-order valence-electron chi connectivity index (χ3n) is 2.13. The van der Waals surface area contributed by atoms with Crippen LogP contribution in [0.3, 0.4) is 0 Å². The van der Waals surface area contributed by atoms with Crippen LogP contribution in [0.15, 0.2) is 5.16 Å². The molecule has 1 aromatic rings. The zero-order valence-corrected chi connectivity index (χ0v) is 10.0. The van der Waals surface area contributed by atoms with E-state index in [9.17, 15) is 4.79 Å². The summed E-state index contributed by atoms with van der Waals surface area (Å²) >= 11 is 1.59. The molecule has 0 aliphatic carbocycles. The minimum atomic E-state index is -0.728. The van der Waals surface area contributed by atoms with Crippen LogP contribution in [0.5, 0.6) is 0 Å². The highest BCUT2D eigenvalue weighted by Crippen LogP contribution is 2.18. The first-order valence-corrected chi connectivity index (χ1v) is 6.09. The molecule has 0 saturated heterocycles. The third-order valence-corrected chi connectivity index (χ3v) is 3.24. The van der Waals surface area contributed by atoms with E-state index in [-0.39, 0.29) is 6.42 Å². The molecular formula is C9H16N4O2S. The van der Waals surface area contributed by atoms with Gasteiger partial charge >= 0.3 is 5.97 Å². The van der Waals surface area contributed by atoms with Gasteiger partial charge in [-0.15, -0.1) is 10.2 Å².